The molecule has 0 fully saturated rings. The highest BCUT2D eigenvalue weighted by Crippen LogP contribution is 2.30. The molecule has 4 nitrogen and oxygen atoms in total. The Morgan fingerprint density at radius 3 is 3.00 bits per heavy atom. The van der Waals surface area contributed by atoms with Gasteiger partial charge in [0.2, 0.25) is 0 Å². The van der Waals surface area contributed by atoms with Gasteiger partial charge in [0, 0.05) is 30.4 Å². The van der Waals surface area contributed by atoms with E-state index in [0.717, 1.165) is 54.9 Å². The standard InChI is InChI=1S/C17H19N3O/c1-20-9-3-4-11-10-12(7-8-15(11)20)16-18-14-6-2-5-13(14)17(21)19-16/h7-8,10H,2-6,9H2,1H3,(H,18,19,21). The second-order valence-electron chi connectivity index (χ2n) is 6.06. The number of benzene rings is 1. The van der Waals surface area contributed by atoms with Gasteiger partial charge in [0.05, 0.1) is 5.69 Å². The molecule has 4 rings (SSSR count). The van der Waals surface area contributed by atoms with Gasteiger partial charge in [0.1, 0.15) is 5.82 Å². The molecule has 0 saturated carbocycles. The Labute approximate surface area is 123 Å². The van der Waals surface area contributed by atoms with E-state index in [2.05, 4.69) is 40.1 Å². The largest absolute Gasteiger partial charge is 0.374 e. The molecule has 4 heteroatoms. The van der Waals surface area contributed by atoms with Crippen LogP contribution < -0.4 is 10.5 Å². The Morgan fingerprint density at radius 1 is 1.19 bits per heavy atom. The zero-order valence-corrected chi connectivity index (χ0v) is 12.3. The predicted molar refractivity (Wildman–Crippen MR) is 83.9 cm³/mol. The van der Waals surface area contributed by atoms with Gasteiger partial charge >= 0.3 is 0 Å². The number of nitrogens with zero attached hydrogens (tertiary/aromatic N) is 2. The smallest absolute Gasteiger partial charge is 0.254 e. The third kappa shape index (κ3) is 2.06. The van der Waals surface area contributed by atoms with E-state index in [1.807, 2.05) is 0 Å². The summed E-state index contributed by atoms with van der Waals surface area (Å²) in [4.78, 5) is 22.1. The first kappa shape index (κ1) is 12.6. The summed E-state index contributed by atoms with van der Waals surface area (Å²) in [5.41, 5.74) is 5.59. The van der Waals surface area contributed by atoms with Crippen LogP contribution in [0, 0.1) is 0 Å². The minimum atomic E-state index is 0.0438. The number of aryl methyl sites for hydroxylation is 2. The van der Waals surface area contributed by atoms with Gasteiger partial charge < -0.3 is 9.88 Å². The monoisotopic (exact) mass is 281 g/mol. The number of anilines is 1. The Bertz CT molecular complexity index is 763. The zero-order chi connectivity index (χ0) is 14.4. The Hall–Kier alpha value is -2.10. The van der Waals surface area contributed by atoms with Crippen molar-refractivity contribution in [2.24, 2.45) is 0 Å². The van der Waals surface area contributed by atoms with Gasteiger partial charge in [0.25, 0.3) is 5.56 Å². The summed E-state index contributed by atoms with van der Waals surface area (Å²) in [6.45, 7) is 1.11. The normalized spacial score (nSPS) is 16.7. The lowest BCUT2D eigenvalue weighted by atomic mass is 9.99. The van der Waals surface area contributed by atoms with Gasteiger partial charge in [-0.05, 0) is 55.9 Å². The Balaban J connectivity index is 1.81. The van der Waals surface area contributed by atoms with Gasteiger partial charge in [-0.25, -0.2) is 4.98 Å². The topological polar surface area (TPSA) is 49.0 Å². The molecule has 0 atom stereocenters. The minimum absolute atomic E-state index is 0.0438. The predicted octanol–water partition coefficient (Wildman–Crippen LogP) is 2.31. The minimum Gasteiger partial charge on any atom is -0.374 e. The second-order valence-corrected chi connectivity index (χ2v) is 6.06. The molecule has 0 unspecified atom stereocenters. The quantitative estimate of drug-likeness (QED) is 0.872. The fourth-order valence-corrected chi connectivity index (χ4v) is 3.51. The van der Waals surface area contributed by atoms with Crippen LogP contribution in [-0.2, 0) is 19.3 Å². The van der Waals surface area contributed by atoms with E-state index >= 15 is 0 Å². The molecule has 108 valence electrons. The van der Waals surface area contributed by atoms with Crippen LogP contribution in [0.25, 0.3) is 11.4 Å². The van der Waals surface area contributed by atoms with E-state index in [1.54, 1.807) is 0 Å². The van der Waals surface area contributed by atoms with Crippen LogP contribution in [0.4, 0.5) is 5.69 Å². The third-order valence-corrected chi connectivity index (χ3v) is 4.65. The van der Waals surface area contributed by atoms with Crippen LogP contribution >= 0.6 is 0 Å². The summed E-state index contributed by atoms with van der Waals surface area (Å²) in [6, 6.07) is 6.40. The molecule has 2 heterocycles. The average molecular weight is 281 g/mol. The molecule has 1 aliphatic heterocycles. The van der Waals surface area contributed by atoms with E-state index in [0.29, 0.717) is 0 Å². The van der Waals surface area contributed by atoms with Crippen molar-refractivity contribution >= 4 is 5.69 Å². The first-order valence-corrected chi connectivity index (χ1v) is 7.69. The summed E-state index contributed by atoms with van der Waals surface area (Å²) in [7, 11) is 2.13. The molecule has 2 aromatic rings. The summed E-state index contributed by atoms with van der Waals surface area (Å²) in [5, 5.41) is 0. The second kappa shape index (κ2) is 4.72. The van der Waals surface area contributed by atoms with Crippen LogP contribution in [0.1, 0.15) is 29.7 Å². The van der Waals surface area contributed by atoms with E-state index in [9.17, 15) is 4.79 Å². The van der Waals surface area contributed by atoms with Crippen LogP contribution in [0.15, 0.2) is 23.0 Å². The highest BCUT2D eigenvalue weighted by Gasteiger charge is 2.19. The molecular weight excluding hydrogens is 262 g/mol. The number of rotatable bonds is 1. The number of aromatic nitrogens is 2. The number of hydrogen-bond acceptors (Lipinski definition) is 3. The van der Waals surface area contributed by atoms with E-state index in [1.165, 1.54) is 17.7 Å². The fraction of sp³-hybridized carbons (Fsp3) is 0.412. The number of fused-ring (bicyclic) bond motifs is 2. The van der Waals surface area contributed by atoms with Crippen molar-refractivity contribution in [3.8, 4) is 11.4 Å². The molecule has 1 aromatic carbocycles. The van der Waals surface area contributed by atoms with Crippen molar-refractivity contribution in [1.82, 2.24) is 9.97 Å². The molecule has 2 aliphatic rings. The van der Waals surface area contributed by atoms with E-state index in [4.69, 9.17) is 0 Å². The molecule has 21 heavy (non-hydrogen) atoms. The lowest BCUT2D eigenvalue weighted by Gasteiger charge is -2.27. The van der Waals surface area contributed by atoms with Gasteiger partial charge in [0.15, 0.2) is 0 Å². The van der Waals surface area contributed by atoms with Crippen molar-refractivity contribution in [3.05, 3.63) is 45.4 Å². The van der Waals surface area contributed by atoms with Crippen LogP contribution in [-0.4, -0.2) is 23.6 Å². The van der Waals surface area contributed by atoms with Crippen molar-refractivity contribution < 1.29 is 0 Å². The zero-order valence-electron chi connectivity index (χ0n) is 12.3. The summed E-state index contributed by atoms with van der Waals surface area (Å²) < 4.78 is 0. The first-order chi connectivity index (χ1) is 10.2. The van der Waals surface area contributed by atoms with Crippen molar-refractivity contribution in [2.45, 2.75) is 32.1 Å². The van der Waals surface area contributed by atoms with Crippen molar-refractivity contribution in [3.63, 3.8) is 0 Å². The van der Waals surface area contributed by atoms with Crippen molar-refractivity contribution in [2.75, 3.05) is 18.5 Å². The summed E-state index contributed by atoms with van der Waals surface area (Å²) in [6.07, 6.45) is 5.13. The average Bonchev–Trinajstić information content (AvgIpc) is 2.96. The highest BCUT2D eigenvalue weighted by molar-refractivity contribution is 5.65. The number of hydrogen-bond donors (Lipinski definition) is 1. The van der Waals surface area contributed by atoms with Crippen LogP contribution in [0.3, 0.4) is 0 Å². The van der Waals surface area contributed by atoms with Gasteiger partial charge in [-0.1, -0.05) is 0 Å². The van der Waals surface area contributed by atoms with Crippen LogP contribution in [0.5, 0.6) is 0 Å². The number of H-pyrrole nitrogens is 1. The molecule has 0 spiro atoms. The number of aromatic amines is 1. The maximum absolute atomic E-state index is 12.1. The number of nitrogens with one attached hydrogen (secondary N) is 1. The molecule has 1 N–H and O–H groups in total. The first-order valence-electron chi connectivity index (χ1n) is 7.69. The Morgan fingerprint density at radius 2 is 2.10 bits per heavy atom. The maximum Gasteiger partial charge on any atom is 0.254 e. The molecular formula is C17H19N3O. The molecule has 0 bridgehead atoms. The van der Waals surface area contributed by atoms with Gasteiger partial charge in [-0.2, -0.15) is 0 Å². The molecule has 0 amide bonds. The van der Waals surface area contributed by atoms with E-state index < -0.39 is 0 Å². The SMILES string of the molecule is CN1CCCc2cc(-c3nc4c(c(=O)[nH]3)CCC4)ccc21. The summed E-state index contributed by atoms with van der Waals surface area (Å²) in [5.74, 6) is 0.719. The summed E-state index contributed by atoms with van der Waals surface area (Å²) >= 11 is 0. The third-order valence-electron chi connectivity index (χ3n) is 4.65. The maximum atomic E-state index is 12.1. The molecule has 0 radical (unpaired) electrons. The van der Waals surface area contributed by atoms with E-state index in [-0.39, 0.29) is 5.56 Å². The van der Waals surface area contributed by atoms with Crippen LogP contribution in [0.2, 0.25) is 0 Å². The van der Waals surface area contributed by atoms with Gasteiger partial charge in [-0.15, -0.1) is 0 Å². The van der Waals surface area contributed by atoms with Crippen molar-refractivity contribution in [1.29, 1.82) is 0 Å². The fourth-order valence-electron chi connectivity index (χ4n) is 3.51. The lowest BCUT2D eigenvalue weighted by Crippen LogP contribution is -2.24. The molecule has 1 aromatic heterocycles. The highest BCUT2D eigenvalue weighted by atomic mass is 16.1. The van der Waals surface area contributed by atoms with Gasteiger partial charge in [-0.3, -0.25) is 4.79 Å². The molecule has 0 saturated heterocycles. The lowest BCUT2D eigenvalue weighted by molar-refractivity contribution is 0.744. The molecule has 1 aliphatic carbocycles. The Kier molecular flexibility index (Phi) is 2.84.